The predicted octanol–water partition coefficient (Wildman–Crippen LogP) is 2.16. The molecular formula is C14H10O6. The number of benzene rings is 2. The van der Waals surface area contributed by atoms with E-state index in [4.69, 9.17) is 5.11 Å². The summed E-state index contributed by atoms with van der Waals surface area (Å²) in [7, 11) is 0. The molecule has 0 spiro atoms. The molecule has 0 saturated heterocycles. The lowest BCUT2D eigenvalue weighted by molar-refractivity contribution is 0.0689. The van der Waals surface area contributed by atoms with Crippen LogP contribution in [0.1, 0.15) is 20.7 Å². The molecule has 6 nitrogen and oxygen atoms in total. The van der Waals surface area contributed by atoms with Crippen LogP contribution in [0.25, 0.3) is 11.1 Å². The molecule has 0 fully saturated rings. The molecule has 0 bridgehead atoms. The standard InChI is InChI=1S/C14H10O6/c15-9-6-8(7-4-2-1-3-5-7)10(13(17)18)12(16)11(9)14(19)20/h1-6,15-16H,(H,17,18)(H,19,20). The molecule has 6 heteroatoms. The molecule has 2 rings (SSSR count). The number of aromatic hydroxyl groups is 2. The van der Waals surface area contributed by atoms with Gasteiger partial charge in [0.25, 0.3) is 0 Å². The van der Waals surface area contributed by atoms with E-state index >= 15 is 0 Å². The SMILES string of the molecule is O=C(O)c1c(O)cc(-c2ccccc2)c(C(=O)O)c1O. The van der Waals surface area contributed by atoms with Gasteiger partial charge in [-0.15, -0.1) is 0 Å². The molecule has 2 aromatic rings. The minimum absolute atomic E-state index is 0.0399. The van der Waals surface area contributed by atoms with Crippen molar-refractivity contribution in [1.82, 2.24) is 0 Å². The summed E-state index contributed by atoms with van der Waals surface area (Å²) in [6.45, 7) is 0. The number of rotatable bonds is 3. The molecule has 0 aliphatic carbocycles. The average Bonchev–Trinajstić information content (AvgIpc) is 2.38. The van der Waals surface area contributed by atoms with Crippen LogP contribution in [0.3, 0.4) is 0 Å². The zero-order valence-electron chi connectivity index (χ0n) is 10.1. The van der Waals surface area contributed by atoms with E-state index in [1.165, 1.54) is 0 Å². The average molecular weight is 274 g/mol. The van der Waals surface area contributed by atoms with Crippen molar-refractivity contribution in [2.75, 3.05) is 0 Å². The molecule has 2 aromatic carbocycles. The Labute approximate surface area is 113 Å². The molecule has 0 saturated carbocycles. The first-order valence-electron chi connectivity index (χ1n) is 5.54. The van der Waals surface area contributed by atoms with Crippen LogP contribution in [0.2, 0.25) is 0 Å². The number of aromatic carboxylic acids is 2. The second-order valence-corrected chi connectivity index (χ2v) is 4.02. The second kappa shape index (κ2) is 4.93. The minimum Gasteiger partial charge on any atom is -0.507 e. The highest BCUT2D eigenvalue weighted by molar-refractivity contribution is 6.05. The van der Waals surface area contributed by atoms with E-state index in [2.05, 4.69) is 0 Å². The van der Waals surface area contributed by atoms with Gasteiger partial charge in [-0.3, -0.25) is 0 Å². The summed E-state index contributed by atoms with van der Waals surface area (Å²) in [5.41, 5.74) is -0.918. The Morgan fingerprint density at radius 2 is 1.40 bits per heavy atom. The van der Waals surface area contributed by atoms with Crippen LogP contribution in [0.15, 0.2) is 36.4 Å². The fourth-order valence-electron chi connectivity index (χ4n) is 1.93. The summed E-state index contributed by atoms with van der Waals surface area (Å²) >= 11 is 0. The van der Waals surface area contributed by atoms with Crippen LogP contribution in [0, 0.1) is 0 Å². The smallest absolute Gasteiger partial charge is 0.343 e. The first kappa shape index (κ1) is 13.4. The molecule has 0 unspecified atom stereocenters. The van der Waals surface area contributed by atoms with Crippen LogP contribution in [0.5, 0.6) is 11.5 Å². The van der Waals surface area contributed by atoms with Crippen molar-refractivity contribution < 1.29 is 30.0 Å². The molecular weight excluding hydrogens is 264 g/mol. The van der Waals surface area contributed by atoms with E-state index in [0.29, 0.717) is 5.56 Å². The van der Waals surface area contributed by atoms with Crippen LogP contribution >= 0.6 is 0 Å². The molecule has 102 valence electrons. The number of hydrogen-bond acceptors (Lipinski definition) is 4. The molecule has 0 aliphatic rings. The van der Waals surface area contributed by atoms with Gasteiger partial charge in [0.1, 0.15) is 22.6 Å². The molecule has 0 amide bonds. The third-order valence-electron chi connectivity index (χ3n) is 2.79. The van der Waals surface area contributed by atoms with E-state index in [1.807, 2.05) is 0 Å². The van der Waals surface area contributed by atoms with Crippen LogP contribution < -0.4 is 0 Å². The van der Waals surface area contributed by atoms with Crippen molar-refractivity contribution in [3.63, 3.8) is 0 Å². The van der Waals surface area contributed by atoms with Gasteiger partial charge in [0.05, 0.1) is 0 Å². The van der Waals surface area contributed by atoms with Crippen molar-refractivity contribution in [1.29, 1.82) is 0 Å². The monoisotopic (exact) mass is 274 g/mol. The van der Waals surface area contributed by atoms with E-state index in [1.54, 1.807) is 30.3 Å². The predicted molar refractivity (Wildman–Crippen MR) is 69.1 cm³/mol. The Morgan fingerprint density at radius 3 is 1.90 bits per heavy atom. The Balaban J connectivity index is 2.83. The van der Waals surface area contributed by atoms with E-state index in [-0.39, 0.29) is 5.56 Å². The third-order valence-corrected chi connectivity index (χ3v) is 2.79. The van der Waals surface area contributed by atoms with Crippen LogP contribution in [-0.4, -0.2) is 32.4 Å². The first-order valence-corrected chi connectivity index (χ1v) is 5.54. The van der Waals surface area contributed by atoms with E-state index in [0.717, 1.165) is 6.07 Å². The number of carboxylic acid groups (broad SMARTS) is 2. The Morgan fingerprint density at radius 1 is 0.850 bits per heavy atom. The van der Waals surface area contributed by atoms with Gasteiger partial charge < -0.3 is 20.4 Å². The fraction of sp³-hybridized carbons (Fsp3) is 0. The fourth-order valence-corrected chi connectivity index (χ4v) is 1.93. The maximum atomic E-state index is 11.3. The van der Waals surface area contributed by atoms with Crippen molar-refractivity contribution in [3.8, 4) is 22.6 Å². The van der Waals surface area contributed by atoms with Gasteiger partial charge in [-0.25, -0.2) is 9.59 Å². The van der Waals surface area contributed by atoms with Gasteiger partial charge in [-0.1, -0.05) is 30.3 Å². The lowest BCUT2D eigenvalue weighted by Gasteiger charge is -2.12. The second-order valence-electron chi connectivity index (χ2n) is 4.02. The van der Waals surface area contributed by atoms with Crippen LogP contribution in [0.4, 0.5) is 0 Å². The highest BCUT2D eigenvalue weighted by Crippen LogP contribution is 2.38. The molecule has 20 heavy (non-hydrogen) atoms. The van der Waals surface area contributed by atoms with Gasteiger partial charge in [-0.2, -0.15) is 0 Å². The first-order chi connectivity index (χ1) is 9.43. The number of hydrogen-bond donors (Lipinski definition) is 4. The maximum absolute atomic E-state index is 11.3. The molecule has 0 aliphatic heterocycles. The van der Waals surface area contributed by atoms with Gasteiger partial charge in [0, 0.05) is 5.56 Å². The summed E-state index contributed by atoms with van der Waals surface area (Å²) in [5, 5.41) is 37.6. The van der Waals surface area contributed by atoms with Gasteiger partial charge in [0.2, 0.25) is 0 Å². The van der Waals surface area contributed by atoms with E-state index in [9.17, 15) is 24.9 Å². The lowest BCUT2D eigenvalue weighted by atomic mass is 9.95. The summed E-state index contributed by atoms with van der Waals surface area (Å²) in [6.07, 6.45) is 0. The topological polar surface area (TPSA) is 115 Å². The maximum Gasteiger partial charge on any atom is 0.343 e. The van der Waals surface area contributed by atoms with Crippen molar-refractivity contribution >= 4 is 11.9 Å². The van der Waals surface area contributed by atoms with Crippen molar-refractivity contribution in [2.24, 2.45) is 0 Å². The van der Waals surface area contributed by atoms with Gasteiger partial charge in [0.15, 0.2) is 0 Å². The Hall–Kier alpha value is -3.02. The van der Waals surface area contributed by atoms with E-state index < -0.39 is 34.6 Å². The zero-order valence-corrected chi connectivity index (χ0v) is 10.1. The summed E-state index contributed by atoms with van der Waals surface area (Å²) in [5.74, 6) is -4.76. The van der Waals surface area contributed by atoms with Crippen molar-refractivity contribution in [3.05, 3.63) is 47.5 Å². The summed E-state index contributed by atoms with van der Waals surface area (Å²) in [4.78, 5) is 22.2. The largest absolute Gasteiger partial charge is 0.507 e. The Bertz CT molecular complexity index is 691. The number of carboxylic acids is 2. The highest BCUT2D eigenvalue weighted by atomic mass is 16.4. The third kappa shape index (κ3) is 2.14. The quantitative estimate of drug-likeness (QED) is 0.681. The lowest BCUT2D eigenvalue weighted by Crippen LogP contribution is -2.06. The molecule has 4 N–H and O–H groups in total. The Kier molecular flexibility index (Phi) is 3.30. The zero-order chi connectivity index (χ0) is 14.9. The molecule has 0 heterocycles. The van der Waals surface area contributed by atoms with Gasteiger partial charge in [-0.05, 0) is 11.6 Å². The number of phenols is 2. The minimum atomic E-state index is -1.61. The summed E-state index contributed by atoms with van der Waals surface area (Å²) in [6, 6.07) is 9.21. The molecule has 0 aromatic heterocycles. The number of carbonyl (C=O) groups is 2. The molecule has 0 atom stereocenters. The molecule has 0 radical (unpaired) electrons. The van der Waals surface area contributed by atoms with Crippen molar-refractivity contribution in [2.45, 2.75) is 0 Å². The van der Waals surface area contributed by atoms with Gasteiger partial charge >= 0.3 is 11.9 Å². The highest BCUT2D eigenvalue weighted by Gasteiger charge is 2.26. The van der Waals surface area contributed by atoms with Crippen LogP contribution in [-0.2, 0) is 0 Å². The summed E-state index contributed by atoms with van der Waals surface area (Å²) < 4.78 is 0. The normalized spacial score (nSPS) is 10.2.